The van der Waals surface area contributed by atoms with Crippen LogP contribution in [0.5, 0.6) is 5.75 Å². The van der Waals surface area contributed by atoms with Crippen LogP contribution < -0.4 is 9.46 Å². The van der Waals surface area contributed by atoms with Gasteiger partial charge in [-0.2, -0.15) is 0 Å². The van der Waals surface area contributed by atoms with Crippen LogP contribution in [0.4, 0.5) is 4.39 Å². The number of nitrogens with one attached hydrogen (secondary N) is 1. The summed E-state index contributed by atoms with van der Waals surface area (Å²) in [5, 5.41) is 0. The first-order chi connectivity index (χ1) is 10.4. The lowest BCUT2D eigenvalue weighted by Crippen LogP contribution is -2.28. The Hall–Kier alpha value is -1.44. The number of sulfonamides is 1. The van der Waals surface area contributed by atoms with Crippen LogP contribution in [0.3, 0.4) is 0 Å². The fourth-order valence-electron chi connectivity index (χ4n) is 1.87. The predicted octanol–water partition coefficient (Wildman–Crippen LogP) is 3.25. The van der Waals surface area contributed by atoms with Crippen molar-refractivity contribution in [2.75, 3.05) is 13.2 Å². The first-order valence-corrected chi connectivity index (χ1v) is 8.80. The Kier molecular flexibility index (Phi) is 5.55. The number of hydrogen-bond acceptors (Lipinski definition) is 3. The summed E-state index contributed by atoms with van der Waals surface area (Å²) in [5.74, 6) is 0.190. The summed E-state index contributed by atoms with van der Waals surface area (Å²) in [7, 11) is -3.67. The molecule has 118 valence electrons. The van der Waals surface area contributed by atoms with E-state index >= 15 is 0 Å². The number of halogens is 2. The summed E-state index contributed by atoms with van der Waals surface area (Å²) in [6.07, 6.45) is 0. The molecule has 0 atom stereocenters. The molecule has 2 aromatic rings. The van der Waals surface area contributed by atoms with E-state index in [0.29, 0.717) is 11.3 Å². The molecular weight excluding hydrogens is 373 g/mol. The van der Waals surface area contributed by atoms with E-state index in [-0.39, 0.29) is 18.0 Å². The lowest BCUT2D eigenvalue weighted by atomic mass is 10.2. The maximum Gasteiger partial charge on any atom is 0.240 e. The summed E-state index contributed by atoms with van der Waals surface area (Å²) in [6, 6.07) is 10.8. The van der Waals surface area contributed by atoms with Crippen LogP contribution in [0.15, 0.2) is 51.8 Å². The van der Waals surface area contributed by atoms with E-state index in [9.17, 15) is 12.8 Å². The minimum absolute atomic E-state index is 0.0672. The molecule has 0 aliphatic carbocycles. The molecule has 0 amide bonds. The summed E-state index contributed by atoms with van der Waals surface area (Å²) < 4.78 is 46.1. The molecule has 0 fully saturated rings. The zero-order valence-corrected chi connectivity index (χ0v) is 14.2. The average molecular weight is 388 g/mol. The van der Waals surface area contributed by atoms with Crippen molar-refractivity contribution in [3.8, 4) is 5.75 Å². The molecule has 4 nitrogen and oxygen atoms in total. The summed E-state index contributed by atoms with van der Waals surface area (Å²) in [6.45, 7) is 1.87. The van der Waals surface area contributed by atoms with Crippen molar-refractivity contribution in [2.24, 2.45) is 0 Å². The minimum atomic E-state index is -3.67. The normalized spacial score (nSPS) is 11.4. The largest absolute Gasteiger partial charge is 0.492 e. The third kappa shape index (κ3) is 4.53. The van der Waals surface area contributed by atoms with Gasteiger partial charge in [-0.15, -0.1) is 0 Å². The van der Waals surface area contributed by atoms with E-state index in [0.717, 1.165) is 10.5 Å². The van der Waals surface area contributed by atoms with Gasteiger partial charge in [-0.3, -0.25) is 0 Å². The quantitative estimate of drug-likeness (QED) is 0.773. The highest BCUT2D eigenvalue weighted by Crippen LogP contribution is 2.17. The van der Waals surface area contributed by atoms with Gasteiger partial charge in [0.25, 0.3) is 0 Å². The Bertz CT molecular complexity index is 748. The van der Waals surface area contributed by atoms with Gasteiger partial charge in [0.1, 0.15) is 18.2 Å². The predicted molar refractivity (Wildman–Crippen MR) is 86.0 cm³/mol. The highest BCUT2D eigenvalue weighted by atomic mass is 79.9. The van der Waals surface area contributed by atoms with Gasteiger partial charge in [-0.05, 0) is 55.0 Å². The standard InChI is InChI=1S/C15H15BrFNO3S/c1-11-10-13(17)4-7-15(11)22(19,20)18-8-9-21-14-5-2-12(16)3-6-14/h2-7,10,18H,8-9H2,1H3. The van der Waals surface area contributed by atoms with Gasteiger partial charge in [0.2, 0.25) is 10.0 Å². The van der Waals surface area contributed by atoms with E-state index in [4.69, 9.17) is 4.74 Å². The van der Waals surface area contributed by atoms with Gasteiger partial charge in [0.05, 0.1) is 4.90 Å². The summed E-state index contributed by atoms with van der Waals surface area (Å²) >= 11 is 3.32. The molecule has 0 bridgehead atoms. The number of benzene rings is 2. The summed E-state index contributed by atoms with van der Waals surface area (Å²) in [5.41, 5.74) is 0.362. The molecule has 2 rings (SSSR count). The van der Waals surface area contributed by atoms with E-state index < -0.39 is 15.8 Å². The third-order valence-corrected chi connectivity index (χ3v) is 5.05. The fraction of sp³-hybridized carbons (Fsp3) is 0.200. The first-order valence-electron chi connectivity index (χ1n) is 6.53. The van der Waals surface area contributed by atoms with Gasteiger partial charge >= 0.3 is 0 Å². The molecule has 0 aromatic heterocycles. The van der Waals surface area contributed by atoms with Crippen molar-refractivity contribution < 1.29 is 17.5 Å². The van der Waals surface area contributed by atoms with Gasteiger partial charge < -0.3 is 4.74 Å². The van der Waals surface area contributed by atoms with Crippen LogP contribution in [0.25, 0.3) is 0 Å². The molecule has 2 aromatic carbocycles. The zero-order valence-electron chi connectivity index (χ0n) is 11.8. The number of aryl methyl sites for hydroxylation is 1. The van der Waals surface area contributed by atoms with Gasteiger partial charge in [-0.25, -0.2) is 17.5 Å². The van der Waals surface area contributed by atoms with Crippen molar-refractivity contribution >= 4 is 26.0 Å². The molecule has 0 radical (unpaired) electrons. The smallest absolute Gasteiger partial charge is 0.240 e. The van der Waals surface area contributed by atoms with E-state index in [1.165, 1.54) is 12.1 Å². The fourth-order valence-corrected chi connectivity index (χ4v) is 3.37. The number of ether oxygens (including phenoxy) is 1. The molecule has 0 saturated carbocycles. The SMILES string of the molecule is Cc1cc(F)ccc1S(=O)(=O)NCCOc1ccc(Br)cc1. The van der Waals surface area contributed by atoms with Gasteiger partial charge in [0.15, 0.2) is 0 Å². The Morgan fingerprint density at radius 3 is 2.50 bits per heavy atom. The molecule has 0 heterocycles. The Labute approximate surface area is 137 Å². The second kappa shape index (κ2) is 7.21. The Morgan fingerprint density at radius 2 is 1.86 bits per heavy atom. The lowest BCUT2D eigenvalue weighted by molar-refractivity contribution is 0.323. The maximum absolute atomic E-state index is 13.0. The minimum Gasteiger partial charge on any atom is -0.492 e. The second-order valence-electron chi connectivity index (χ2n) is 4.61. The molecule has 0 saturated heterocycles. The molecular formula is C15H15BrFNO3S. The van der Waals surface area contributed by atoms with E-state index in [2.05, 4.69) is 20.7 Å². The van der Waals surface area contributed by atoms with E-state index in [1.54, 1.807) is 19.1 Å². The van der Waals surface area contributed by atoms with Crippen molar-refractivity contribution in [1.82, 2.24) is 4.72 Å². The highest BCUT2D eigenvalue weighted by Gasteiger charge is 2.16. The van der Waals surface area contributed by atoms with Gasteiger partial charge in [-0.1, -0.05) is 15.9 Å². The van der Waals surface area contributed by atoms with Crippen molar-refractivity contribution in [3.63, 3.8) is 0 Å². The number of hydrogen-bond donors (Lipinski definition) is 1. The highest BCUT2D eigenvalue weighted by molar-refractivity contribution is 9.10. The molecule has 22 heavy (non-hydrogen) atoms. The average Bonchev–Trinajstić information content (AvgIpc) is 2.45. The summed E-state index contributed by atoms with van der Waals surface area (Å²) in [4.78, 5) is 0.0672. The van der Waals surface area contributed by atoms with Crippen molar-refractivity contribution in [3.05, 3.63) is 58.3 Å². The zero-order chi connectivity index (χ0) is 16.2. The molecule has 0 aliphatic rings. The monoisotopic (exact) mass is 387 g/mol. The van der Waals surface area contributed by atoms with Crippen LogP contribution in [-0.4, -0.2) is 21.6 Å². The number of rotatable bonds is 6. The second-order valence-corrected chi connectivity index (χ2v) is 7.26. The van der Waals surface area contributed by atoms with Crippen molar-refractivity contribution in [1.29, 1.82) is 0 Å². The molecule has 7 heteroatoms. The lowest BCUT2D eigenvalue weighted by Gasteiger charge is -2.10. The van der Waals surface area contributed by atoms with Crippen LogP contribution >= 0.6 is 15.9 Å². The van der Waals surface area contributed by atoms with Crippen LogP contribution in [0.1, 0.15) is 5.56 Å². The van der Waals surface area contributed by atoms with E-state index in [1.807, 2.05) is 12.1 Å². The topological polar surface area (TPSA) is 55.4 Å². The molecule has 0 unspecified atom stereocenters. The molecule has 0 aliphatic heterocycles. The van der Waals surface area contributed by atoms with Crippen LogP contribution in [-0.2, 0) is 10.0 Å². The van der Waals surface area contributed by atoms with Crippen LogP contribution in [0, 0.1) is 12.7 Å². The van der Waals surface area contributed by atoms with Crippen LogP contribution in [0.2, 0.25) is 0 Å². The van der Waals surface area contributed by atoms with Crippen molar-refractivity contribution in [2.45, 2.75) is 11.8 Å². The molecule has 0 spiro atoms. The maximum atomic E-state index is 13.0. The Balaban J connectivity index is 1.91. The third-order valence-electron chi connectivity index (χ3n) is 2.90. The van der Waals surface area contributed by atoms with Gasteiger partial charge in [0, 0.05) is 11.0 Å². The Morgan fingerprint density at radius 1 is 1.18 bits per heavy atom. The first kappa shape index (κ1) is 16.9. The molecule has 1 N–H and O–H groups in total.